The van der Waals surface area contributed by atoms with Crippen LogP contribution in [0.25, 0.3) is 0 Å². The minimum absolute atomic E-state index is 0.273. The van der Waals surface area contributed by atoms with E-state index in [9.17, 15) is 0 Å². The van der Waals surface area contributed by atoms with Crippen molar-refractivity contribution in [1.29, 1.82) is 0 Å². The highest BCUT2D eigenvalue weighted by atomic mass is 16.5. The molecule has 34 heavy (non-hydrogen) atoms. The van der Waals surface area contributed by atoms with E-state index in [-0.39, 0.29) is 5.92 Å². The molecule has 0 aliphatic carbocycles. The average Bonchev–Trinajstić information content (AvgIpc) is 2.89. The van der Waals surface area contributed by atoms with E-state index in [2.05, 4.69) is 50.7 Å². The zero-order chi connectivity index (χ0) is 24.9. The molecular weight excluding hydrogens is 424 g/mol. The van der Waals surface area contributed by atoms with Crippen LogP contribution in [0.5, 0.6) is 11.5 Å². The Labute approximate surface area is 205 Å². The van der Waals surface area contributed by atoms with E-state index in [1.165, 1.54) is 0 Å². The van der Waals surface area contributed by atoms with Crippen molar-refractivity contribution in [2.24, 2.45) is 17.9 Å². The zero-order valence-electron chi connectivity index (χ0n) is 21.7. The topological polar surface area (TPSA) is 73.8 Å². The van der Waals surface area contributed by atoms with Crippen molar-refractivity contribution in [3.8, 4) is 11.5 Å². The third-order valence-electron chi connectivity index (χ3n) is 5.62. The lowest BCUT2D eigenvalue weighted by molar-refractivity contribution is 0.291. The number of aryl methyl sites for hydroxylation is 2. The van der Waals surface area contributed by atoms with Crippen LogP contribution in [0, 0.1) is 6.92 Å². The highest BCUT2D eigenvalue weighted by molar-refractivity contribution is 6.02. The summed E-state index contributed by atoms with van der Waals surface area (Å²) in [4.78, 5) is 4.86. The van der Waals surface area contributed by atoms with Crippen molar-refractivity contribution >= 4 is 11.5 Å². The molecule has 2 aromatic rings. The molecule has 0 radical (unpaired) electrons. The Morgan fingerprint density at radius 3 is 2.29 bits per heavy atom. The lowest BCUT2D eigenvalue weighted by Crippen LogP contribution is -2.31. The fourth-order valence-corrected chi connectivity index (χ4v) is 3.31. The van der Waals surface area contributed by atoms with Gasteiger partial charge in [0.15, 0.2) is 5.84 Å². The van der Waals surface area contributed by atoms with Crippen LogP contribution >= 0.6 is 0 Å². The molecule has 2 rings (SSSR count). The summed E-state index contributed by atoms with van der Waals surface area (Å²) < 4.78 is 14.4. The van der Waals surface area contributed by atoms with Gasteiger partial charge in [-0.2, -0.15) is 0 Å². The van der Waals surface area contributed by atoms with Crippen LogP contribution in [0.3, 0.4) is 0 Å². The molecule has 1 heterocycles. The van der Waals surface area contributed by atoms with Gasteiger partial charge in [0.25, 0.3) is 0 Å². The van der Waals surface area contributed by atoms with Crippen LogP contribution in [-0.2, 0) is 7.05 Å². The van der Waals surface area contributed by atoms with Crippen LogP contribution in [0.4, 0.5) is 5.69 Å². The van der Waals surface area contributed by atoms with Crippen LogP contribution < -0.4 is 20.7 Å². The number of nitrogens with one attached hydrogen (secondary N) is 1. The lowest BCUT2D eigenvalue weighted by atomic mass is 9.98. The summed E-state index contributed by atoms with van der Waals surface area (Å²) in [7, 11) is 2.02. The largest absolute Gasteiger partial charge is 0.493 e. The molecule has 0 bridgehead atoms. The van der Waals surface area contributed by atoms with Gasteiger partial charge in [-0.3, -0.25) is 0 Å². The van der Waals surface area contributed by atoms with E-state index >= 15 is 0 Å². The molecule has 6 nitrogen and oxygen atoms in total. The molecule has 0 aliphatic heterocycles. The molecule has 0 spiro atoms. The number of hydrogen-bond donors (Lipinski definition) is 2. The quantitative estimate of drug-likeness (QED) is 0.131. The van der Waals surface area contributed by atoms with Crippen molar-refractivity contribution in [3.63, 3.8) is 0 Å². The fraction of sp³-hybridized carbons (Fsp3) is 0.464. The van der Waals surface area contributed by atoms with Gasteiger partial charge in [-0.05, 0) is 61.6 Å². The Balaban J connectivity index is 2.62. The third-order valence-corrected chi connectivity index (χ3v) is 5.62. The number of hydrazine groups is 1. The lowest BCUT2D eigenvalue weighted by Gasteiger charge is -2.20. The van der Waals surface area contributed by atoms with E-state index in [1.807, 2.05) is 49.6 Å². The van der Waals surface area contributed by atoms with Crippen molar-refractivity contribution in [2.45, 2.75) is 66.2 Å². The van der Waals surface area contributed by atoms with Gasteiger partial charge in [0.05, 0.1) is 24.5 Å². The van der Waals surface area contributed by atoms with Crippen molar-refractivity contribution in [2.75, 3.05) is 13.2 Å². The van der Waals surface area contributed by atoms with E-state index < -0.39 is 0 Å². The maximum absolute atomic E-state index is 6.20. The van der Waals surface area contributed by atoms with Crippen molar-refractivity contribution in [3.05, 3.63) is 65.5 Å². The summed E-state index contributed by atoms with van der Waals surface area (Å²) in [5.41, 5.74) is 6.63. The van der Waals surface area contributed by atoms with Gasteiger partial charge in [-0.15, -0.1) is 0 Å². The highest BCUT2D eigenvalue weighted by Crippen LogP contribution is 2.35. The molecular formula is C28H42N4O2. The van der Waals surface area contributed by atoms with Gasteiger partial charge in [-0.1, -0.05) is 46.6 Å². The van der Waals surface area contributed by atoms with Gasteiger partial charge >= 0.3 is 0 Å². The number of hydrogen-bond acceptors (Lipinski definition) is 4. The fourth-order valence-electron chi connectivity index (χ4n) is 3.31. The molecule has 0 atom stereocenters. The Kier molecular flexibility index (Phi) is 11.5. The second-order valence-electron chi connectivity index (χ2n) is 8.76. The second-order valence-corrected chi connectivity index (χ2v) is 8.76. The molecule has 0 unspecified atom stereocenters. The average molecular weight is 467 g/mol. The van der Waals surface area contributed by atoms with Gasteiger partial charge < -0.3 is 19.5 Å². The Bertz CT molecular complexity index is 994. The normalized spacial score (nSPS) is 11.4. The molecule has 0 saturated carbocycles. The molecule has 0 aliphatic rings. The second kappa shape index (κ2) is 14.3. The molecule has 0 fully saturated rings. The first-order valence-corrected chi connectivity index (χ1v) is 12.4. The van der Waals surface area contributed by atoms with Crippen molar-refractivity contribution < 1.29 is 9.47 Å². The molecule has 1 aromatic heterocycles. The number of nitrogens with zero attached hydrogens (tertiary/aromatic N) is 2. The molecule has 0 saturated heterocycles. The standard InChI is InChI=1S/C28H42N4O2/c1-7-9-17-33-26-20-27(34-18-10-8-2)25(19-24(26)21(3)4)28(31-29)30-23-13-11-12-16-32(6)22(5)14-15-23/h11-16,19-21H,7-10,17-18,29H2,1-6H3,(H,30,31). The van der Waals surface area contributed by atoms with Gasteiger partial charge in [0, 0.05) is 25.0 Å². The van der Waals surface area contributed by atoms with Crippen LogP contribution in [0.2, 0.25) is 0 Å². The summed E-state index contributed by atoms with van der Waals surface area (Å²) in [6.07, 6.45) is 6.14. The van der Waals surface area contributed by atoms with E-state index in [0.717, 1.165) is 59.7 Å². The van der Waals surface area contributed by atoms with Gasteiger partial charge in [0.1, 0.15) is 11.5 Å². The molecule has 1 aromatic carbocycles. The van der Waals surface area contributed by atoms with E-state index in [4.69, 9.17) is 20.3 Å². The first kappa shape index (κ1) is 27.3. The number of benzene rings is 1. The molecule has 6 heteroatoms. The van der Waals surface area contributed by atoms with E-state index in [1.54, 1.807) is 0 Å². The summed E-state index contributed by atoms with van der Waals surface area (Å²) in [5, 5.41) is 0. The number of rotatable bonds is 11. The van der Waals surface area contributed by atoms with Crippen LogP contribution in [0.15, 0.2) is 53.7 Å². The third kappa shape index (κ3) is 8.10. The first-order valence-electron chi connectivity index (χ1n) is 12.4. The Morgan fingerprint density at radius 1 is 1.00 bits per heavy atom. The number of amidine groups is 1. The summed E-state index contributed by atoms with van der Waals surface area (Å²) >= 11 is 0. The van der Waals surface area contributed by atoms with Crippen LogP contribution in [-0.4, -0.2) is 23.6 Å². The van der Waals surface area contributed by atoms with Crippen LogP contribution in [0.1, 0.15) is 76.1 Å². The minimum atomic E-state index is 0.273. The number of aliphatic imine (C=N–C) groups is 1. The molecule has 0 amide bonds. The maximum Gasteiger partial charge on any atom is 0.151 e. The number of aromatic nitrogens is 1. The predicted octanol–water partition coefficient (Wildman–Crippen LogP) is 6.48. The highest BCUT2D eigenvalue weighted by Gasteiger charge is 2.18. The summed E-state index contributed by atoms with van der Waals surface area (Å²) in [6, 6.07) is 14.0. The summed E-state index contributed by atoms with van der Waals surface area (Å²) in [5.74, 6) is 8.41. The summed E-state index contributed by atoms with van der Waals surface area (Å²) in [6.45, 7) is 12.0. The minimum Gasteiger partial charge on any atom is -0.493 e. The van der Waals surface area contributed by atoms with E-state index in [0.29, 0.717) is 19.0 Å². The monoisotopic (exact) mass is 466 g/mol. The smallest absolute Gasteiger partial charge is 0.151 e. The SMILES string of the molecule is CCCCOc1cc(OCCCC)c(C(C)C)cc1C(=Nc1ccccn(C)c(C)cc1)NN. The van der Waals surface area contributed by atoms with Gasteiger partial charge in [-0.25, -0.2) is 10.8 Å². The first-order chi connectivity index (χ1) is 16.4. The predicted molar refractivity (Wildman–Crippen MR) is 143 cm³/mol. The molecule has 186 valence electrons. The maximum atomic E-state index is 6.20. The Morgan fingerprint density at radius 2 is 1.68 bits per heavy atom. The number of unbranched alkanes of at least 4 members (excludes halogenated alkanes) is 2. The number of ether oxygens (including phenoxy) is 2. The number of nitrogens with two attached hydrogens (primary N) is 1. The zero-order valence-corrected chi connectivity index (χ0v) is 21.7. The Hall–Kier alpha value is -2.99. The van der Waals surface area contributed by atoms with Gasteiger partial charge in [0.2, 0.25) is 0 Å². The van der Waals surface area contributed by atoms with Crippen molar-refractivity contribution in [1.82, 2.24) is 9.99 Å². The molecule has 3 N–H and O–H groups in total.